The highest BCUT2D eigenvalue weighted by Crippen LogP contribution is 2.39. The van der Waals surface area contributed by atoms with Gasteiger partial charge in [0, 0.05) is 12.0 Å². The van der Waals surface area contributed by atoms with Crippen LogP contribution >= 0.6 is 0 Å². The van der Waals surface area contributed by atoms with E-state index in [0.29, 0.717) is 31.7 Å². The number of hydrogen-bond donors (Lipinski definition) is 3. The number of carbonyl (C=O) groups excluding carboxylic acids is 1. The Morgan fingerprint density at radius 1 is 1.16 bits per heavy atom. The van der Waals surface area contributed by atoms with Crippen LogP contribution in [0.5, 0.6) is 5.75 Å². The van der Waals surface area contributed by atoms with Gasteiger partial charge < -0.3 is 15.4 Å². The van der Waals surface area contributed by atoms with E-state index in [1.54, 1.807) is 24.3 Å². The van der Waals surface area contributed by atoms with Gasteiger partial charge in [-0.1, -0.05) is 48.5 Å². The van der Waals surface area contributed by atoms with E-state index in [2.05, 4.69) is 21.9 Å². The second kappa shape index (κ2) is 10.1. The fraction of sp³-hybridized carbons (Fsp3) is 0.348. The predicted molar refractivity (Wildman–Crippen MR) is 122 cm³/mol. The number of nitrogens with one attached hydrogen (secondary N) is 3. The molecule has 0 aromatic heterocycles. The first kappa shape index (κ1) is 23.0. The van der Waals surface area contributed by atoms with Crippen molar-refractivity contribution in [3.8, 4) is 5.75 Å². The fourth-order valence-corrected chi connectivity index (χ4v) is 5.89. The molecule has 8 heteroatoms. The van der Waals surface area contributed by atoms with Crippen molar-refractivity contribution in [1.82, 2.24) is 15.4 Å². The van der Waals surface area contributed by atoms with Crippen LogP contribution in [0.4, 0.5) is 0 Å². The minimum atomic E-state index is -3.94. The van der Waals surface area contributed by atoms with E-state index in [9.17, 15) is 13.2 Å². The predicted octanol–water partition coefficient (Wildman–Crippen LogP) is 2.18. The van der Waals surface area contributed by atoms with Crippen molar-refractivity contribution in [3.63, 3.8) is 0 Å². The van der Waals surface area contributed by atoms with Crippen molar-refractivity contribution >= 4 is 15.9 Å². The lowest BCUT2D eigenvalue weighted by atomic mass is 9.72. The number of amides is 1. The number of ether oxygens (including phenoxy) is 1. The average Bonchev–Trinajstić information content (AvgIpc) is 2.82. The molecule has 2 aromatic carbocycles. The Kier molecular flexibility index (Phi) is 7.48. The summed E-state index contributed by atoms with van der Waals surface area (Å²) in [5, 5.41) is 4.95. The summed E-state index contributed by atoms with van der Waals surface area (Å²) in [6.45, 7) is 4.97. The van der Waals surface area contributed by atoms with Gasteiger partial charge in [-0.2, -0.15) is 0 Å². The van der Waals surface area contributed by atoms with E-state index in [1.807, 2.05) is 30.3 Å². The minimum absolute atomic E-state index is 0.0759. The van der Waals surface area contributed by atoms with Crippen molar-refractivity contribution in [2.45, 2.75) is 23.6 Å². The average molecular weight is 444 g/mol. The van der Waals surface area contributed by atoms with Gasteiger partial charge in [-0.05, 0) is 43.6 Å². The van der Waals surface area contributed by atoms with Crippen molar-refractivity contribution < 1.29 is 17.9 Å². The van der Waals surface area contributed by atoms with Crippen molar-refractivity contribution in [1.29, 1.82) is 0 Å². The van der Waals surface area contributed by atoms with Crippen LogP contribution in [0.1, 0.15) is 28.8 Å². The van der Waals surface area contributed by atoms with Gasteiger partial charge in [-0.25, -0.2) is 13.1 Å². The first-order valence-electron chi connectivity index (χ1n) is 10.2. The molecule has 1 aliphatic rings. The zero-order valence-electron chi connectivity index (χ0n) is 17.6. The Morgan fingerprint density at radius 3 is 2.45 bits per heavy atom. The van der Waals surface area contributed by atoms with Gasteiger partial charge in [0.1, 0.15) is 5.75 Å². The summed E-state index contributed by atoms with van der Waals surface area (Å²) in [5.74, 6) is -0.116. The largest absolute Gasteiger partial charge is 0.496 e. The number of piperidine rings is 1. The van der Waals surface area contributed by atoms with Crippen LogP contribution in [0.15, 0.2) is 67.3 Å². The lowest BCUT2D eigenvalue weighted by Crippen LogP contribution is -2.60. The molecule has 1 saturated heterocycles. The summed E-state index contributed by atoms with van der Waals surface area (Å²) in [5.41, 5.74) is 0.369. The number of rotatable bonds is 9. The third-order valence-corrected chi connectivity index (χ3v) is 7.46. The lowest BCUT2D eigenvalue weighted by molar-refractivity contribution is 0.0922. The third kappa shape index (κ3) is 4.98. The Morgan fingerprint density at radius 2 is 1.81 bits per heavy atom. The van der Waals surface area contributed by atoms with Crippen molar-refractivity contribution in [2.24, 2.45) is 0 Å². The fourth-order valence-electron chi connectivity index (χ4n) is 4.15. The topological polar surface area (TPSA) is 96.5 Å². The highest BCUT2D eigenvalue weighted by Gasteiger charge is 2.49. The van der Waals surface area contributed by atoms with Gasteiger partial charge in [-0.3, -0.25) is 4.79 Å². The second-order valence-corrected chi connectivity index (χ2v) is 9.36. The highest BCUT2D eigenvalue weighted by atomic mass is 32.2. The number of sulfonamides is 1. The molecule has 0 radical (unpaired) electrons. The van der Waals surface area contributed by atoms with Gasteiger partial charge in [0.25, 0.3) is 5.91 Å². The molecule has 1 unspecified atom stereocenters. The van der Waals surface area contributed by atoms with Gasteiger partial charge in [0.15, 0.2) is 5.37 Å². The molecule has 7 nitrogen and oxygen atoms in total. The molecule has 3 rings (SSSR count). The van der Waals surface area contributed by atoms with Gasteiger partial charge in [-0.15, -0.1) is 6.58 Å². The molecule has 31 heavy (non-hydrogen) atoms. The number of methoxy groups -OCH3 is 1. The maximum Gasteiger partial charge on any atom is 0.256 e. The monoisotopic (exact) mass is 443 g/mol. The Balaban J connectivity index is 2.09. The van der Waals surface area contributed by atoms with E-state index >= 15 is 0 Å². The van der Waals surface area contributed by atoms with Crippen LogP contribution in [0, 0.1) is 0 Å². The minimum Gasteiger partial charge on any atom is -0.496 e. The Labute approximate surface area is 183 Å². The number of carbonyl (C=O) groups is 1. The van der Waals surface area contributed by atoms with Crippen molar-refractivity contribution in [2.75, 3.05) is 26.7 Å². The van der Waals surface area contributed by atoms with E-state index in [4.69, 9.17) is 4.74 Å². The number of benzene rings is 2. The Hall–Kier alpha value is -2.68. The van der Waals surface area contributed by atoms with Crippen LogP contribution in [-0.4, -0.2) is 46.4 Å². The van der Waals surface area contributed by atoms with Gasteiger partial charge in [0.05, 0.1) is 12.7 Å². The first-order valence-corrected chi connectivity index (χ1v) is 11.8. The molecule has 0 saturated carbocycles. The highest BCUT2D eigenvalue weighted by molar-refractivity contribution is 7.90. The Bertz CT molecular complexity index is 1000. The molecule has 1 aliphatic heterocycles. The summed E-state index contributed by atoms with van der Waals surface area (Å²) in [6.07, 6.45) is 2.60. The molecular formula is C23H29N3O4S. The zero-order valence-corrected chi connectivity index (χ0v) is 18.5. The van der Waals surface area contributed by atoms with E-state index in [-0.39, 0.29) is 12.1 Å². The molecule has 1 fully saturated rings. The molecule has 0 spiro atoms. The molecule has 0 aliphatic carbocycles. The standard InChI is InChI=1S/C23H29N3O4S/c1-3-15-25-31(28,29)22(26-21(27)19-11-7-8-12-20(19)30-2)23(13-16-24-17-14-23)18-9-5-4-6-10-18/h3-12,22,24-25H,1,13-17H2,2H3,(H,26,27). The van der Waals surface area contributed by atoms with E-state index < -0.39 is 26.7 Å². The lowest BCUT2D eigenvalue weighted by Gasteiger charge is -2.43. The molecule has 1 heterocycles. The number of para-hydroxylation sites is 1. The van der Waals surface area contributed by atoms with Gasteiger partial charge in [0.2, 0.25) is 10.0 Å². The summed E-state index contributed by atoms with van der Waals surface area (Å²) >= 11 is 0. The summed E-state index contributed by atoms with van der Waals surface area (Å²) in [6, 6.07) is 16.3. The van der Waals surface area contributed by atoms with Gasteiger partial charge >= 0.3 is 0 Å². The smallest absolute Gasteiger partial charge is 0.256 e. The van der Waals surface area contributed by atoms with Crippen LogP contribution in [0.25, 0.3) is 0 Å². The van der Waals surface area contributed by atoms with Crippen molar-refractivity contribution in [3.05, 3.63) is 78.4 Å². The first-order chi connectivity index (χ1) is 14.9. The summed E-state index contributed by atoms with van der Waals surface area (Å²) in [7, 11) is -2.46. The molecule has 3 N–H and O–H groups in total. The molecule has 166 valence electrons. The molecule has 2 aromatic rings. The molecule has 0 bridgehead atoms. The zero-order chi connectivity index (χ0) is 22.3. The normalized spacial score (nSPS) is 16.8. The third-order valence-electron chi connectivity index (χ3n) is 5.70. The maximum atomic E-state index is 13.5. The molecule has 1 atom stereocenters. The molecule has 1 amide bonds. The van der Waals surface area contributed by atoms with Crippen LogP contribution in [0.3, 0.4) is 0 Å². The number of hydrogen-bond acceptors (Lipinski definition) is 5. The van der Waals surface area contributed by atoms with Crippen LogP contribution in [0.2, 0.25) is 0 Å². The van der Waals surface area contributed by atoms with E-state index in [1.165, 1.54) is 13.2 Å². The summed E-state index contributed by atoms with van der Waals surface area (Å²) in [4.78, 5) is 13.3. The van der Waals surface area contributed by atoms with E-state index in [0.717, 1.165) is 5.56 Å². The molecular weight excluding hydrogens is 414 g/mol. The summed E-state index contributed by atoms with van der Waals surface area (Å²) < 4.78 is 34.8. The van der Waals surface area contributed by atoms with Crippen LogP contribution < -0.4 is 20.1 Å². The maximum absolute atomic E-state index is 13.5. The SMILES string of the molecule is C=CCNS(=O)(=O)C(NC(=O)c1ccccc1OC)C1(c2ccccc2)CCNCC1. The second-order valence-electron chi connectivity index (χ2n) is 7.51. The quantitative estimate of drug-likeness (QED) is 0.516. The van der Waals surface area contributed by atoms with Crippen LogP contribution in [-0.2, 0) is 15.4 Å².